The van der Waals surface area contributed by atoms with Crippen molar-refractivity contribution in [3.63, 3.8) is 0 Å². The Morgan fingerprint density at radius 2 is 2.10 bits per heavy atom. The van der Waals surface area contributed by atoms with Gasteiger partial charge in [0, 0.05) is 24.1 Å². The highest BCUT2D eigenvalue weighted by Gasteiger charge is 2.29. The van der Waals surface area contributed by atoms with E-state index in [1.807, 2.05) is 6.20 Å². The van der Waals surface area contributed by atoms with Gasteiger partial charge in [-0.1, -0.05) is 0 Å². The number of nitrogens with one attached hydrogen (secondary N) is 1. The standard InChI is InChI=1S/C18H16FN5O6S/c19-14-5-11(10-1-2-10)8-23-9-13(22-17(14)23)7-21-12-3-4-16(15(6-12)24(26)27)31(28,29)30-18(20)25/h3-6,8-10,21H,1-2,7H2,(H2,20,25). The number of aromatic nitrogens is 2. The van der Waals surface area contributed by atoms with Gasteiger partial charge in [0.25, 0.3) is 5.69 Å². The molecule has 0 bridgehead atoms. The summed E-state index contributed by atoms with van der Waals surface area (Å²) in [5.41, 5.74) is 5.65. The predicted octanol–water partition coefficient (Wildman–Crippen LogP) is 2.66. The number of nitrogens with zero attached hydrogens (tertiary/aromatic N) is 3. The number of primary amides is 1. The Bertz CT molecular complexity index is 1320. The van der Waals surface area contributed by atoms with Crippen molar-refractivity contribution in [3.05, 3.63) is 63.8 Å². The summed E-state index contributed by atoms with van der Waals surface area (Å²) in [6, 6.07) is 4.63. The van der Waals surface area contributed by atoms with Crippen molar-refractivity contribution in [1.82, 2.24) is 9.38 Å². The van der Waals surface area contributed by atoms with Crippen molar-refractivity contribution in [3.8, 4) is 0 Å². The van der Waals surface area contributed by atoms with Crippen molar-refractivity contribution in [1.29, 1.82) is 0 Å². The van der Waals surface area contributed by atoms with Crippen LogP contribution in [0.2, 0.25) is 0 Å². The molecule has 0 radical (unpaired) electrons. The molecule has 0 atom stereocenters. The SMILES string of the molecule is NC(=O)OS(=O)(=O)c1ccc(NCc2cn3cc(C4CC4)cc(F)c3n2)cc1[N+](=O)[O-]. The van der Waals surface area contributed by atoms with E-state index in [1.165, 1.54) is 12.1 Å². The number of amides is 1. The number of benzene rings is 1. The smallest absolute Gasteiger partial charge is 0.379 e. The number of carbonyl (C=O) groups is 1. The van der Waals surface area contributed by atoms with Crippen LogP contribution in [-0.2, 0) is 20.8 Å². The Hall–Kier alpha value is -3.74. The Labute approximate surface area is 174 Å². The van der Waals surface area contributed by atoms with Gasteiger partial charge in [0.2, 0.25) is 0 Å². The van der Waals surface area contributed by atoms with Crippen LogP contribution in [-0.4, -0.2) is 28.8 Å². The number of anilines is 1. The zero-order chi connectivity index (χ0) is 22.3. The van der Waals surface area contributed by atoms with Gasteiger partial charge in [-0.25, -0.2) is 14.2 Å². The molecule has 31 heavy (non-hydrogen) atoms. The first-order chi connectivity index (χ1) is 14.6. The molecule has 0 saturated heterocycles. The lowest BCUT2D eigenvalue weighted by Crippen LogP contribution is -2.19. The van der Waals surface area contributed by atoms with Crippen LogP contribution in [0.3, 0.4) is 0 Å². The third kappa shape index (κ3) is 4.26. The summed E-state index contributed by atoms with van der Waals surface area (Å²) in [7, 11) is -4.75. The highest BCUT2D eigenvalue weighted by molar-refractivity contribution is 7.87. The molecule has 11 nitrogen and oxygen atoms in total. The minimum absolute atomic E-state index is 0.0981. The minimum atomic E-state index is -4.75. The average Bonchev–Trinajstić information content (AvgIpc) is 3.45. The number of hydrogen-bond acceptors (Lipinski definition) is 8. The first-order valence-electron chi connectivity index (χ1n) is 9.07. The second kappa shape index (κ2) is 7.50. The second-order valence-electron chi connectivity index (χ2n) is 7.01. The van der Waals surface area contributed by atoms with Crippen molar-refractivity contribution in [2.45, 2.75) is 30.2 Å². The number of nitro benzene ring substituents is 1. The molecule has 0 aliphatic heterocycles. The molecule has 162 valence electrons. The molecule has 1 amide bonds. The van der Waals surface area contributed by atoms with E-state index in [0.29, 0.717) is 11.6 Å². The fraction of sp³-hybridized carbons (Fsp3) is 0.222. The van der Waals surface area contributed by atoms with Crippen LogP contribution >= 0.6 is 0 Å². The van der Waals surface area contributed by atoms with Crippen LogP contribution in [0.5, 0.6) is 0 Å². The van der Waals surface area contributed by atoms with Crippen LogP contribution in [0.25, 0.3) is 5.65 Å². The fourth-order valence-electron chi connectivity index (χ4n) is 3.18. The van der Waals surface area contributed by atoms with E-state index in [9.17, 15) is 27.7 Å². The number of carbonyl (C=O) groups excluding carboxylic acids is 1. The molecule has 3 N–H and O–H groups in total. The van der Waals surface area contributed by atoms with Crippen molar-refractivity contribution < 1.29 is 26.7 Å². The minimum Gasteiger partial charge on any atom is -0.379 e. The number of hydrogen-bond donors (Lipinski definition) is 2. The molecule has 3 aromatic rings. The highest BCUT2D eigenvalue weighted by atomic mass is 32.2. The fourth-order valence-corrected chi connectivity index (χ4v) is 4.11. The maximum absolute atomic E-state index is 14.3. The molecule has 1 saturated carbocycles. The van der Waals surface area contributed by atoms with Gasteiger partial charge in [-0.3, -0.25) is 10.1 Å². The molecule has 1 aromatic carbocycles. The molecule has 1 aliphatic carbocycles. The topological polar surface area (TPSA) is 159 Å². The molecule has 2 aromatic heterocycles. The monoisotopic (exact) mass is 449 g/mol. The summed E-state index contributed by atoms with van der Waals surface area (Å²) in [4.78, 5) is 24.5. The van der Waals surface area contributed by atoms with Crippen LogP contribution < -0.4 is 11.1 Å². The Balaban J connectivity index is 1.57. The summed E-state index contributed by atoms with van der Waals surface area (Å²) < 4.78 is 43.9. The molecule has 4 rings (SSSR count). The Morgan fingerprint density at radius 1 is 1.35 bits per heavy atom. The summed E-state index contributed by atoms with van der Waals surface area (Å²) in [6.45, 7) is 0.0981. The third-order valence-corrected chi connectivity index (χ3v) is 5.98. The van der Waals surface area contributed by atoms with Crippen LogP contribution in [0.15, 0.2) is 41.6 Å². The highest BCUT2D eigenvalue weighted by Crippen LogP contribution is 2.40. The molecule has 2 heterocycles. The maximum Gasteiger partial charge on any atom is 0.420 e. The normalized spacial score (nSPS) is 13.8. The van der Waals surface area contributed by atoms with E-state index in [-0.39, 0.29) is 17.9 Å². The largest absolute Gasteiger partial charge is 0.420 e. The zero-order valence-corrected chi connectivity index (χ0v) is 16.6. The maximum atomic E-state index is 14.3. The molecular weight excluding hydrogens is 433 g/mol. The van der Waals surface area contributed by atoms with Crippen LogP contribution in [0, 0.1) is 15.9 Å². The van der Waals surface area contributed by atoms with Gasteiger partial charge >= 0.3 is 16.2 Å². The van der Waals surface area contributed by atoms with E-state index < -0.39 is 37.5 Å². The Kier molecular flexibility index (Phi) is 4.97. The van der Waals surface area contributed by atoms with Gasteiger partial charge in [0.05, 0.1) is 17.2 Å². The molecule has 0 unspecified atom stereocenters. The number of halogens is 1. The zero-order valence-electron chi connectivity index (χ0n) is 15.8. The van der Waals surface area contributed by atoms with Gasteiger partial charge < -0.3 is 19.6 Å². The van der Waals surface area contributed by atoms with Gasteiger partial charge in [0.15, 0.2) is 16.4 Å². The number of pyridine rings is 1. The summed E-state index contributed by atoms with van der Waals surface area (Å²) in [5, 5.41) is 14.2. The molecule has 1 aliphatic rings. The summed E-state index contributed by atoms with van der Waals surface area (Å²) in [5.74, 6) is -0.0629. The molecule has 1 fully saturated rings. The number of fused-ring (bicyclic) bond motifs is 1. The predicted molar refractivity (Wildman–Crippen MR) is 105 cm³/mol. The van der Waals surface area contributed by atoms with Gasteiger partial charge in [-0.05, 0) is 42.5 Å². The number of nitro groups is 1. The van der Waals surface area contributed by atoms with Crippen molar-refractivity contribution >= 4 is 33.2 Å². The van der Waals surface area contributed by atoms with Crippen molar-refractivity contribution in [2.75, 3.05) is 5.32 Å². The first kappa shape index (κ1) is 20.5. The number of nitrogens with two attached hydrogens (primary N) is 1. The van der Waals surface area contributed by atoms with E-state index >= 15 is 0 Å². The number of imidazole rings is 1. The van der Waals surface area contributed by atoms with Crippen LogP contribution in [0.1, 0.15) is 30.0 Å². The van der Waals surface area contributed by atoms with Gasteiger partial charge in [-0.15, -0.1) is 0 Å². The third-order valence-electron chi connectivity index (χ3n) is 4.72. The average molecular weight is 449 g/mol. The lowest BCUT2D eigenvalue weighted by atomic mass is 10.2. The molecule has 0 spiro atoms. The van der Waals surface area contributed by atoms with E-state index in [4.69, 9.17) is 5.73 Å². The number of rotatable bonds is 7. The summed E-state index contributed by atoms with van der Waals surface area (Å²) in [6.07, 6.45) is 3.92. The van der Waals surface area contributed by atoms with E-state index in [0.717, 1.165) is 30.5 Å². The lowest BCUT2D eigenvalue weighted by Gasteiger charge is -2.08. The summed E-state index contributed by atoms with van der Waals surface area (Å²) >= 11 is 0. The quantitative estimate of drug-likeness (QED) is 0.316. The van der Waals surface area contributed by atoms with Crippen molar-refractivity contribution in [2.24, 2.45) is 5.73 Å². The van der Waals surface area contributed by atoms with Gasteiger partial charge in [0.1, 0.15) is 0 Å². The lowest BCUT2D eigenvalue weighted by molar-refractivity contribution is -0.387. The second-order valence-corrected chi connectivity index (χ2v) is 8.52. The molecular formula is C18H16FN5O6S. The van der Waals surface area contributed by atoms with Gasteiger partial charge in [-0.2, -0.15) is 8.42 Å². The Morgan fingerprint density at radius 3 is 2.74 bits per heavy atom. The molecule has 13 heteroatoms. The van der Waals surface area contributed by atoms with E-state index in [1.54, 1.807) is 10.6 Å². The van der Waals surface area contributed by atoms with Crippen LogP contribution in [0.4, 0.5) is 20.6 Å². The first-order valence-corrected chi connectivity index (χ1v) is 10.5. The van der Waals surface area contributed by atoms with E-state index in [2.05, 4.69) is 14.5 Å².